The summed E-state index contributed by atoms with van der Waals surface area (Å²) in [6.45, 7) is 3.55. The van der Waals surface area contributed by atoms with Crippen LogP contribution in [0.2, 0.25) is 0 Å². The Morgan fingerprint density at radius 2 is 2.36 bits per heavy atom. The predicted octanol–water partition coefficient (Wildman–Crippen LogP) is 0.655. The fourth-order valence-electron chi connectivity index (χ4n) is 1.41. The van der Waals surface area contributed by atoms with Crippen molar-refractivity contribution in [1.82, 2.24) is 5.43 Å². The van der Waals surface area contributed by atoms with Crippen molar-refractivity contribution in [2.45, 2.75) is 32.2 Å². The Balaban J connectivity index is 2.13. The molecule has 3 nitrogen and oxygen atoms in total. The molecule has 0 spiro atoms. The van der Waals surface area contributed by atoms with Crippen LogP contribution < -0.4 is 11.3 Å². The standard InChI is InChI=1S/C8H18N2O/c1-2-11-6-8(10-9)7-4-3-5-7/h7-8,10H,2-6,9H2,1H3. The summed E-state index contributed by atoms with van der Waals surface area (Å²) in [6, 6.07) is 0.378. The SMILES string of the molecule is CCOCC(NN)C1CCC1. The average molecular weight is 158 g/mol. The molecule has 0 heterocycles. The maximum atomic E-state index is 5.39. The molecule has 3 heteroatoms. The van der Waals surface area contributed by atoms with Gasteiger partial charge in [0.05, 0.1) is 6.61 Å². The monoisotopic (exact) mass is 158 g/mol. The van der Waals surface area contributed by atoms with E-state index in [1.165, 1.54) is 19.3 Å². The van der Waals surface area contributed by atoms with Crippen LogP contribution in [0.3, 0.4) is 0 Å². The third-order valence-electron chi connectivity index (χ3n) is 2.43. The quantitative estimate of drug-likeness (QED) is 0.456. The highest BCUT2D eigenvalue weighted by Gasteiger charge is 2.26. The summed E-state index contributed by atoms with van der Waals surface area (Å²) in [6.07, 6.45) is 3.97. The van der Waals surface area contributed by atoms with Crippen LogP contribution in [0, 0.1) is 5.92 Å². The van der Waals surface area contributed by atoms with Crippen molar-refractivity contribution in [3.8, 4) is 0 Å². The second kappa shape index (κ2) is 4.70. The molecule has 3 N–H and O–H groups in total. The molecule has 1 aliphatic carbocycles. The Labute approximate surface area is 68.3 Å². The van der Waals surface area contributed by atoms with Crippen molar-refractivity contribution >= 4 is 0 Å². The minimum atomic E-state index is 0.378. The first kappa shape index (κ1) is 8.97. The maximum Gasteiger partial charge on any atom is 0.0635 e. The lowest BCUT2D eigenvalue weighted by Gasteiger charge is -2.32. The van der Waals surface area contributed by atoms with Gasteiger partial charge in [-0.25, -0.2) is 0 Å². The van der Waals surface area contributed by atoms with Crippen molar-refractivity contribution in [1.29, 1.82) is 0 Å². The fraction of sp³-hybridized carbons (Fsp3) is 1.00. The zero-order chi connectivity index (χ0) is 8.10. The molecular formula is C8H18N2O. The van der Waals surface area contributed by atoms with E-state index in [0.717, 1.165) is 19.1 Å². The van der Waals surface area contributed by atoms with Crippen molar-refractivity contribution in [3.05, 3.63) is 0 Å². The summed E-state index contributed by atoms with van der Waals surface area (Å²) in [5.74, 6) is 6.15. The van der Waals surface area contributed by atoms with Gasteiger partial charge in [-0.1, -0.05) is 6.42 Å². The number of hydrazine groups is 1. The Morgan fingerprint density at radius 3 is 2.73 bits per heavy atom. The van der Waals surface area contributed by atoms with E-state index in [4.69, 9.17) is 10.6 Å². The second-order valence-electron chi connectivity index (χ2n) is 3.12. The smallest absolute Gasteiger partial charge is 0.0635 e. The van der Waals surface area contributed by atoms with Gasteiger partial charge in [-0.05, 0) is 25.7 Å². The van der Waals surface area contributed by atoms with E-state index >= 15 is 0 Å². The summed E-state index contributed by atoms with van der Waals surface area (Å²) in [4.78, 5) is 0. The minimum absolute atomic E-state index is 0.378. The van der Waals surface area contributed by atoms with Gasteiger partial charge in [-0.3, -0.25) is 11.3 Å². The summed E-state index contributed by atoms with van der Waals surface area (Å²) < 4.78 is 5.30. The molecule has 11 heavy (non-hydrogen) atoms. The van der Waals surface area contributed by atoms with Gasteiger partial charge >= 0.3 is 0 Å². The number of rotatable bonds is 5. The molecule has 0 bridgehead atoms. The topological polar surface area (TPSA) is 47.3 Å². The van der Waals surface area contributed by atoms with Gasteiger partial charge in [0.1, 0.15) is 0 Å². The molecule has 1 aliphatic rings. The molecule has 0 aromatic carbocycles. The highest BCUT2D eigenvalue weighted by atomic mass is 16.5. The molecule has 1 saturated carbocycles. The van der Waals surface area contributed by atoms with E-state index in [0.29, 0.717) is 6.04 Å². The highest BCUT2D eigenvalue weighted by molar-refractivity contribution is 4.80. The molecule has 0 amide bonds. The third-order valence-corrected chi connectivity index (χ3v) is 2.43. The number of nitrogens with two attached hydrogens (primary N) is 1. The van der Waals surface area contributed by atoms with Crippen LogP contribution in [0.15, 0.2) is 0 Å². The Kier molecular flexibility index (Phi) is 3.83. The first-order valence-electron chi connectivity index (χ1n) is 4.42. The second-order valence-corrected chi connectivity index (χ2v) is 3.12. The van der Waals surface area contributed by atoms with E-state index < -0.39 is 0 Å². The average Bonchev–Trinajstić information content (AvgIpc) is 1.93. The van der Waals surface area contributed by atoms with E-state index in [9.17, 15) is 0 Å². The molecule has 0 aliphatic heterocycles. The molecule has 0 radical (unpaired) electrons. The number of nitrogens with one attached hydrogen (secondary N) is 1. The van der Waals surface area contributed by atoms with E-state index in [1.807, 2.05) is 6.92 Å². The van der Waals surface area contributed by atoms with Gasteiger partial charge in [0.15, 0.2) is 0 Å². The van der Waals surface area contributed by atoms with E-state index in [2.05, 4.69) is 5.43 Å². The minimum Gasteiger partial charge on any atom is -0.380 e. The van der Waals surface area contributed by atoms with Crippen LogP contribution in [0.5, 0.6) is 0 Å². The summed E-state index contributed by atoms with van der Waals surface area (Å²) >= 11 is 0. The third kappa shape index (κ3) is 2.43. The molecule has 1 rings (SSSR count). The molecular weight excluding hydrogens is 140 g/mol. The zero-order valence-corrected chi connectivity index (χ0v) is 7.18. The summed E-state index contributed by atoms with van der Waals surface area (Å²) in [7, 11) is 0. The maximum absolute atomic E-state index is 5.39. The van der Waals surface area contributed by atoms with Crippen LogP contribution in [-0.2, 0) is 4.74 Å². The highest BCUT2D eigenvalue weighted by Crippen LogP contribution is 2.29. The van der Waals surface area contributed by atoms with Crippen LogP contribution >= 0.6 is 0 Å². The fourth-order valence-corrected chi connectivity index (χ4v) is 1.41. The molecule has 0 saturated heterocycles. The lowest BCUT2D eigenvalue weighted by Crippen LogP contribution is -2.46. The first-order chi connectivity index (χ1) is 5.38. The molecule has 1 fully saturated rings. The van der Waals surface area contributed by atoms with Gasteiger partial charge in [-0.2, -0.15) is 0 Å². The zero-order valence-electron chi connectivity index (χ0n) is 7.18. The first-order valence-corrected chi connectivity index (χ1v) is 4.42. The van der Waals surface area contributed by atoms with Gasteiger partial charge in [0, 0.05) is 12.6 Å². The summed E-state index contributed by atoms with van der Waals surface area (Å²) in [5.41, 5.74) is 2.81. The Bertz CT molecular complexity index is 104. The number of hydrogen-bond donors (Lipinski definition) is 2. The Hall–Kier alpha value is -0.120. The van der Waals surface area contributed by atoms with Crippen molar-refractivity contribution < 1.29 is 4.74 Å². The molecule has 0 aromatic rings. The van der Waals surface area contributed by atoms with Gasteiger partial charge in [-0.15, -0.1) is 0 Å². The van der Waals surface area contributed by atoms with Gasteiger partial charge < -0.3 is 4.74 Å². The Morgan fingerprint density at radius 1 is 1.64 bits per heavy atom. The summed E-state index contributed by atoms with van der Waals surface area (Å²) in [5, 5.41) is 0. The van der Waals surface area contributed by atoms with Crippen LogP contribution in [-0.4, -0.2) is 19.3 Å². The van der Waals surface area contributed by atoms with E-state index in [1.54, 1.807) is 0 Å². The predicted molar refractivity (Wildman–Crippen MR) is 44.9 cm³/mol. The van der Waals surface area contributed by atoms with Gasteiger partial charge in [0.2, 0.25) is 0 Å². The molecule has 0 aromatic heterocycles. The number of ether oxygens (including phenoxy) is 1. The largest absolute Gasteiger partial charge is 0.380 e. The van der Waals surface area contributed by atoms with Crippen LogP contribution in [0.4, 0.5) is 0 Å². The van der Waals surface area contributed by atoms with Crippen molar-refractivity contribution in [2.75, 3.05) is 13.2 Å². The number of hydrogen-bond acceptors (Lipinski definition) is 3. The van der Waals surface area contributed by atoms with Crippen LogP contribution in [0.25, 0.3) is 0 Å². The molecule has 66 valence electrons. The normalized spacial score (nSPS) is 21.3. The van der Waals surface area contributed by atoms with E-state index in [-0.39, 0.29) is 0 Å². The van der Waals surface area contributed by atoms with Crippen molar-refractivity contribution in [2.24, 2.45) is 11.8 Å². The van der Waals surface area contributed by atoms with Crippen LogP contribution in [0.1, 0.15) is 26.2 Å². The molecule has 1 atom stereocenters. The lowest BCUT2D eigenvalue weighted by molar-refractivity contribution is 0.0825. The van der Waals surface area contributed by atoms with Crippen molar-refractivity contribution in [3.63, 3.8) is 0 Å². The van der Waals surface area contributed by atoms with Gasteiger partial charge in [0.25, 0.3) is 0 Å². The molecule has 1 unspecified atom stereocenters. The lowest BCUT2D eigenvalue weighted by atomic mass is 9.80.